The number of fused-ring (bicyclic) bond motifs is 5. The maximum Gasteiger partial charge on any atom is 0.273 e. The van der Waals surface area contributed by atoms with Crippen molar-refractivity contribution in [2.75, 3.05) is 0 Å². The smallest absolute Gasteiger partial charge is 0.272 e. The molecular formula is C23H18ClFN2O3. The minimum atomic E-state index is -0.558. The van der Waals surface area contributed by atoms with E-state index < -0.39 is 23.6 Å². The zero-order valence-corrected chi connectivity index (χ0v) is 16.6. The summed E-state index contributed by atoms with van der Waals surface area (Å²) in [5.74, 6) is -2.71. The van der Waals surface area contributed by atoms with Crippen molar-refractivity contribution in [1.82, 2.24) is 10.0 Å². The number of halogens is 2. The fourth-order valence-corrected chi connectivity index (χ4v) is 5.01. The molecule has 0 spiro atoms. The molecule has 2 aromatic rings. The molecule has 2 bridgehead atoms. The van der Waals surface area contributed by atoms with Gasteiger partial charge >= 0.3 is 0 Å². The highest BCUT2D eigenvalue weighted by molar-refractivity contribution is 6.30. The molecule has 5 rings (SSSR count). The van der Waals surface area contributed by atoms with Crippen LogP contribution in [-0.2, 0) is 16.1 Å². The van der Waals surface area contributed by atoms with Crippen molar-refractivity contribution < 1.29 is 18.8 Å². The monoisotopic (exact) mass is 424 g/mol. The molecular weight excluding hydrogens is 407 g/mol. The third-order valence-electron chi connectivity index (χ3n) is 6.29. The lowest BCUT2D eigenvalue weighted by Gasteiger charge is -2.31. The fourth-order valence-electron chi connectivity index (χ4n) is 4.89. The van der Waals surface area contributed by atoms with Crippen LogP contribution >= 0.6 is 11.6 Å². The first-order chi connectivity index (χ1) is 14.5. The molecule has 7 heteroatoms. The molecule has 4 atom stereocenters. The SMILES string of the molecule is O=C(c1ccc(Cl)cc1)N(Cc1ccccc1F)N1C(=O)[C@H]2[C@H](C1=O)[C@H]1C=C[C@H]2C1. The van der Waals surface area contributed by atoms with E-state index in [0.29, 0.717) is 5.02 Å². The van der Waals surface area contributed by atoms with Gasteiger partial charge in [-0.3, -0.25) is 14.4 Å². The average Bonchev–Trinajstić information content (AvgIpc) is 3.42. The van der Waals surface area contributed by atoms with Gasteiger partial charge < -0.3 is 0 Å². The van der Waals surface area contributed by atoms with Gasteiger partial charge in [-0.2, -0.15) is 5.01 Å². The van der Waals surface area contributed by atoms with Crippen LogP contribution in [0.25, 0.3) is 0 Å². The van der Waals surface area contributed by atoms with Crippen LogP contribution < -0.4 is 0 Å². The van der Waals surface area contributed by atoms with Gasteiger partial charge in [0.05, 0.1) is 18.4 Å². The number of hydrazine groups is 1. The van der Waals surface area contributed by atoms with Crippen molar-refractivity contribution >= 4 is 29.3 Å². The van der Waals surface area contributed by atoms with Gasteiger partial charge in [-0.25, -0.2) is 9.40 Å². The maximum absolute atomic E-state index is 14.4. The van der Waals surface area contributed by atoms with Crippen LogP contribution in [0.1, 0.15) is 22.3 Å². The second-order valence-electron chi connectivity index (χ2n) is 7.95. The minimum Gasteiger partial charge on any atom is -0.272 e. The van der Waals surface area contributed by atoms with Crippen LogP contribution in [0.5, 0.6) is 0 Å². The standard InChI is InChI=1S/C23H18ClFN2O3/c24-17-9-7-13(8-10-17)21(28)26(12-16-3-1-2-4-18(16)25)27-22(29)19-14-5-6-15(11-14)20(19)23(27)30/h1-10,14-15,19-20H,11-12H2/t14-,15-,19+,20+/m0/s1. The summed E-state index contributed by atoms with van der Waals surface area (Å²) in [6.07, 6.45) is 4.77. The first kappa shape index (κ1) is 19.0. The molecule has 1 saturated carbocycles. The van der Waals surface area contributed by atoms with Crippen LogP contribution in [-0.4, -0.2) is 27.7 Å². The van der Waals surface area contributed by atoms with Crippen molar-refractivity contribution in [1.29, 1.82) is 0 Å². The number of imide groups is 1. The van der Waals surface area contributed by atoms with E-state index in [1.807, 2.05) is 12.2 Å². The minimum absolute atomic E-state index is 0.0161. The van der Waals surface area contributed by atoms with Crippen molar-refractivity contribution in [2.24, 2.45) is 23.7 Å². The van der Waals surface area contributed by atoms with Crippen molar-refractivity contribution in [3.05, 3.63) is 82.6 Å². The molecule has 5 nitrogen and oxygen atoms in total. The molecule has 30 heavy (non-hydrogen) atoms. The van der Waals surface area contributed by atoms with E-state index in [-0.39, 0.29) is 41.3 Å². The lowest BCUT2D eigenvalue weighted by Crippen LogP contribution is -2.50. The third kappa shape index (κ3) is 2.86. The largest absolute Gasteiger partial charge is 0.273 e. The summed E-state index contributed by atoms with van der Waals surface area (Å²) in [6.45, 7) is -0.228. The zero-order valence-electron chi connectivity index (χ0n) is 15.9. The van der Waals surface area contributed by atoms with E-state index in [9.17, 15) is 18.8 Å². The number of hydrogen-bond acceptors (Lipinski definition) is 3. The molecule has 3 amide bonds. The Hall–Kier alpha value is -2.99. The number of nitrogens with zero attached hydrogens (tertiary/aromatic N) is 2. The summed E-state index contributed by atoms with van der Waals surface area (Å²) in [4.78, 5) is 39.9. The summed E-state index contributed by atoms with van der Waals surface area (Å²) >= 11 is 5.92. The van der Waals surface area contributed by atoms with Gasteiger partial charge in [-0.05, 0) is 48.6 Å². The number of amides is 3. The zero-order chi connectivity index (χ0) is 21.0. The number of rotatable bonds is 4. The molecule has 0 radical (unpaired) electrons. The summed E-state index contributed by atoms with van der Waals surface area (Å²) in [5, 5.41) is 2.48. The second kappa shape index (κ2) is 7.06. The summed E-state index contributed by atoms with van der Waals surface area (Å²) < 4.78 is 14.4. The van der Waals surface area contributed by atoms with E-state index >= 15 is 0 Å². The van der Waals surface area contributed by atoms with Crippen LogP contribution in [0, 0.1) is 29.5 Å². The topological polar surface area (TPSA) is 57.7 Å². The van der Waals surface area contributed by atoms with Crippen molar-refractivity contribution in [3.63, 3.8) is 0 Å². The van der Waals surface area contributed by atoms with Gasteiger partial charge in [0.25, 0.3) is 17.7 Å². The Balaban J connectivity index is 1.53. The molecule has 1 aliphatic heterocycles. The Morgan fingerprint density at radius 2 is 1.60 bits per heavy atom. The molecule has 2 aromatic carbocycles. The molecule has 2 fully saturated rings. The Labute approximate surface area is 177 Å². The Bertz CT molecular complexity index is 1050. The van der Waals surface area contributed by atoms with Gasteiger partial charge in [0.15, 0.2) is 0 Å². The normalized spacial score (nSPS) is 26.4. The van der Waals surface area contributed by atoms with Gasteiger partial charge in [0.1, 0.15) is 5.82 Å². The lowest BCUT2D eigenvalue weighted by atomic mass is 9.85. The number of carbonyl (C=O) groups excluding carboxylic acids is 3. The molecule has 2 aliphatic carbocycles. The summed E-state index contributed by atoms with van der Waals surface area (Å²) in [6, 6.07) is 12.2. The van der Waals surface area contributed by atoms with E-state index in [2.05, 4.69) is 0 Å². The number of allylic oxidation sites excluding steroid dienone is 2. The molecule has 0 N–H and O–H groups in total. The Morgan fingerprint density at radius 3 is 2.20 bits per heavy atom. The van der Waals surface area contributed by atoms with Crippen molar-refractivity contribution in [3.8, 4) is 0 Å². The Kier molecular flexibility index (Phi) is 4.47. The highest BCUT2D eigenvalue weighted by atomic mass is 35.5. The second-order valence-corrected chi connectivity index (χ2v) is 8.39. The molecule has 152 valence electrons. The first-order valence-corrected chi connectivity index (χ1v) is 10.2. The van der Waals surface area contributed by atoms with E-state index in [1.54, 1.807) is 24.3 Å². The molecule has 1 saturated heterocycles. The summed E-state index contributed by atoms with van der Waals surface area (Å²) in [7, 11) is 0. The van der Waals surface area contributed by atoms with Gasteiger partial charge in [0, 0.05) is 16.1 Å². The van der Waals surface area contributed by atoms with Crippen LogP contribution in [0.2, 0.25) is 5.02 Å². The first-order valence-electron chi connectivity index (χ1n) is 9.82. The highest BCUT2D eigenvalue weighted by Gasteiger charge is 2.61. The third-order valence-corrected chi connectivity index (χ3v) is 6.54. The predicted octanol–water partition coefficient (Wildman–Crippen LogP) is 3.84. The van der Waals surface area contributed by atoms with E-state index in [1.165, 1.54) is 24.3 Å². The lowest BCUT2D eigenvalue weighted by molar-refractivity contribution is -0.156. The molecule has 1 heterocycles. The number of benzene rings is 2. The van der Waals surface area contributed by atoms with Crippen LogP contribution in [0.4, 0.5) is 4.39 Å². The van der Waals surface area contributed by atoms with Gasteiger partial charge in [-0.1, -0.05) is 42.0 Å². The average molecular weight is 425 g/mol. The van der Waals surface area contributed by atoms with Crippen molar-refractivity contribution in [2.45, 2.75) is 13.0 Å². The van der Waals surface area contributed by atoms with Gasteiger partial charge in [0.2, 0.25) is 0 Å². The van der Waals surface area contributed by atoms with E-state index in [4.69, 9.17) is 11.6 Å². The Morgan fingerprint density at radius 1 is 1.00 bits per heavy atom. The molecule has 0 unspecified atom stereocenters. The van der Waals surface area contributed by atoms with E-state index in [0.717, 1.165) is 16.4 Å². The maximum atomic E-state index is 14.4. The fraction of sp³-hybridized carbons (Fsp3) is 0.261. The van der Waals surface area contributed by atoms with Crippen LogP contribution in [0.15, 0.2) is 60.7 Å². The summed E-state index contributed by atoms with van der Waals surface area (Å²) in [5.41, 5.74) is 0.480. The van der Waals surface area contributed by atoms with Gasteiger partial charge in [-0.15, -0.1) is 0 Å². The quantitative estimate of drug-likeness (QED) is 0.553. The number of hydrogen-bond donors (Lipinski definition) is 0. The highest BCUT2D eigenvalue weighted by Crippen LogP contribution is 2.52. The molecule has 3 aliphatic rings. The molecule has 0 aromatic heterocycles. The predicted molar refractivity (Wildman–Crippen MR) is 107 cm³/mol. The van der Waals surface area contributed by atoms with Crippen LogP contribution in [0.3, 0.4) is 0 Å². The number of carbonyl (C=O) groups is 3.